The molecular formula is C11H23N2O3S+. The summed E-state index contributed by atoms with van der Waals surface area (Å²) in [5.41, 5.74) is 4.65. The first-order valence-electron chi connectivity index (χ1n) is 5.45. The number of hydrogen-bond acceptors (Lipinski definition) is 3. The minimum Gasteiger partial charge on any atom is -0.444 e. The fourth-order valence-electron chi connectivity index (χ4n) is 1.09. The predicted molar refractivity (Wildman–Crippen MR) is 71.0 cm³/mol. The van der Waals surface area contributed by atoms with Crippen molar-refractivity contribution in [2.45, 2.75) is 38.8 Å². The van der Waals surface area contributed by atoms with Crippen LogP contribution in [0.3, 0.4) is 0 Å². The topological polar surface area (TPSA) is 81.4 Å². The van der Waals surface area contributed by atoms with E-state index in [1.807, 2.05) is 0 Å². The van der Waals surface area contributed by atoms with E-state index in [4.69, 9.17) is 10.5 Å². The summed E-state index contributed by atoms with van der Waals surface area (Å²) in [6, 6.07) is -0.653. The predicted octanol–water partition coefficient (Wildman–Crippen LogP) is 0.633. The van der Waals surface area contributed by atoms with Gasteiger partial charge in [-0.3, -0.25) is 4.79 Å². The van der Waals surface area contributed by atoms with E-state index in [2.05, 4.69) is 17.8 Å². The van der Waals surface area contributed by atoms with Crippen molar-refractivity contribution in [1.82, 2.24) is 5.32 Å². The lowest BCUT2D eigenvalue weighted by Crippen LogP contribution is -2.47. The van der Waals surface area contributed by atoms with E-state index >= 15 is 0 Å². The Morgan fingerprint density at radius 1 is 1.35 bits per heavy atom. The molecule has 0 heterocycles. The van der Waals surface area contributed by atoms with Gasteiger partial charge in [-0.05, 0) is 31.7 Å². The summed E-state index contributed by atoms with van der Waals surface area (Å²) in [4.78, 5) is 22.6. The molecule has 0 aromatic heterocycles. The van der Waals surface area contributed by atoms with Crippen LogP contribution in [0.15, 0.2) is 0 Å². The summed E-state index contributed by atoms with van der Waals surface area (Å²) < 4.78 is 5.07. The monoisotopic (exact) mass is 263 g/mol. The first-order valence-corrected chi connectivity index (χ1v) is 7.66. The molecule has 100 valence electrons. The van der Waals surface area contributed by atoms with Crippen LogP contribution < -0.4 is 11.1 Å². The van der Waals surface area contributed by atoms with Crippen molar-refractivity contribution in [2.24, 2.45) is 5.73 Å². The van der Waals surface area contributed by atoms with Crippen LogP contribution in [0.25, 0.3) is 0 Å². The van der Waals surface area contributed by atoms with Crippen LogP contribution >= 0.6 is 0 Å². The van der Waals surface area contributed by atoms with Gasteiger partial charge in [-0.2, -0.15) is 0 Å². The minimum atomic E-state index is -0.653. The molecule has 0 aromatic carbocycles. The molecule has 5 nitrogen and oxygen atoms in total. The van der Waals surface area contributed by atoms with E-state index in [0.29, 0.717) is 6.42 Å². The molecular weight excluding hydrogens is 240 g/mol. The molecule has 3 N–H and O–H groups in total. The zero-order valence-corrected chi connectivity index (χ0v) is 12.0. The van der Waals surface area contributed by atoms with Crippen LogP contribution in [0.2, 0.25) is 0 Å². The average Bonchev–Trinajstić information content (AvgIpc) is 2.08. The second-order valence-corrected chi connectivity index (χ2v) is 7.46. The highest BCUT2D eigenvalue weighted by Crippen LogP contribution is 2.07. The van der Waals surface area contributed by atoms with Crippen molar-refractivity contribution in [3.63, 3.8) is 0 Å². The summed E-state index contributed by atoms with van der Waals surface area (Å²) in [5, 5.41) is 2.50. The lowest BCUT2D eigenvalue weighted by molar-refractivity contribution is -0.120. The standard InChI is InChI=1S/C11H22N2O3S/c1-11(2,3)16-10(15)13-8(9(12)14)6-7-17(4)5/h8H,6-7H2,1-5H3,(H2-,12,13,14,15)/p+1/t8-/m1/s1. The molecule has 0 saturated carbocycles. The molecule has 0 fully saturated rings. The number of amides is 2. The average molecular weight is 263 g/mol. The van der Waals surface area contributed by atoms with Gasteiger partial charge in [0.1, 0.15) is 17.4 Å². The van der Waals surface area contributed by atoms with E-state index in [-0.39, 0.29) is 10.9 Å². The maximum absolute atomic E-state index is 11.5. The molecule has 0 unspecified atom stereocenters. The highest BCUT2D eigenvalue weighted by Gasteiger charge is 2.23. The van der Waals surface area contributed by atoms with Crippen molar-refractivity contribution in [3.8, 4) is 0 Å². The SMILES string of the molecule is C[S+](C)CC[C@@H](NC(=O)OC(C)(C)C)C(N)=O. The number of hydrogen-bond donors (Lipinski definition) is 2. The number of carbonyl (C=O) groups is 2. The Morgan fingerprint density at radius 2 is 1.88 bits per heavy atom. The smallest absolute Gasteiger partial charge is 0.408 e. The molecule has 0 aliphatic carbocycles. The van der Waals surface area contributed by atoms with Crippen molar-refractivity contribution in [3.05, 3.63) is 0 Å². The molecule has 0 bridgehead atoms. The molecule has 6 heteroatoms. The minimum absolute atomic E-state index is 0.214. The second-order valence-electron chi connectivity index (χ2n) is 5.08. The Balaban J connectivity index is 4.26. The zero-order chi connectivity index (χ0) is 13.6. The van der Waals surface area contributed by atoms with Crippen LogP contribution in [0, 0.1) is 0 Å². The summed E-state index contributed by atoms with van der Waals surface area (Å²) >= 11 is 0. The van der Waals surface area contributed by atoms with Crippen molar-refractivity contribution in [2.75, 3.05) is 18.3 Å². The normalized spacial score (nSPS) is 13.3. The molecule has 0 saturated heterocycles. The van der Waals surface area contributed by atoms with Gasteiger partial charge in [0, 0.05) is 6.42 Å². The maximum atomic E-state index is 11.5. The van der Waals surface area contributed by atoms with E-state index in [0.717, 1.165) is 5.75 Å². The van der Waals surface area contributed by atoms with Crippen LogP contribution in [0.4, 0.5) is 4.79 Å². The van der Waals surface area contributed by atoms with Gasteiger partial charge in [0.05, 0.1) is 12.5 Å². The summed E-state index contributed by atoms with van der Waals surface area (Å²) in [6.07, 6.45) is 4.09. The number of primary amides is 1. The zero-order valence-electron chi connectivity index (χ0n) is 11.2. The molecule has 0 radical (unpaired) electrons. The highest BCUT2D eigenvalue weighted by atomic mass is 32.2. The van der Waals surface area contributed by atoms with Crippen molar-refractivity contribution < 1.29 is 14.3 Å². The molecule has 0 rings (SSSR count). The fraction of sp³-hybridized carbons (Fsp3) is 0.818. The Kier molecular flexibility index (Phi) is 6.37. The third-order valence-corrected chi connectivity index (χ3v) is 2.90. The lowest BCUT2D eigenvalue weighted by atomic mass is 10.2. The molecule has 1 atom stereocenters. The molecule has 0 aliphatic rings. The van der Waals surface area contributed by atoms with Gasteiger partial charge < -0.3 is 15.8 Å². The van der Waals surface area contributed by atoms with Gasteiger partial charge in [0.25, 0.3) is 0 Å². The van der Waals surface area contributed by atoms with Gasteiger partial charge in [0.2, 0.25) is 5.91 Å². The van der Waals surface area contributed by atoms with Crippen LogP contribution in [0.5, 0.6) is 0 Å². The van der Waals surface area contributed by atoms with Gasteiger partial charge in [0.15, 0.2) is 0 Å². The highest BCUT2D eigenvalue weighted by molar-refractivity contribution is 7.95. The number of carbonyl (C=O) groups excluding carboxylic acids is 2. The molecule has 0 aromatic rings. The van der Waals surface area contributed by atoms with Crippen molar-refractivity contribution in [1.29, 1.82) is 0 Å². The van der Waals surface area contributed by atoms with E-state index < -0.39 is 23.6 Å². The van der Waals surface area contributed by atoms with Crippen molar-refractivity contribution >= 4 is 22.9 Å². The molecule has 0 aliphatic heterocycles. The van der Waals surface area contributed by atoms with E-state index in [1.165, 1.54) is 0 Å². The van der Waals surface area contributed by atoms with Gasteiger partial charge in [-0.15, -0.1) is 0 Å². The third kappa shape index (κ3) is 8.85. The molecule has 17 heavy (non-hydrogen) atoms. The fourth-order valence-corrected chi connectivity index (χ4v) is 1.80. The Morgan fingerprint density at radius 3 is 2.24 bits per heavy atom. The number of rotatable bonds is 5. The van der Waals surface area contributed by atoms with Gasteiger partial charge in [-0.25, -0.2) is 4.79 Å². The molecule has 2 amide bonds. The van der Waals surface area contributed by atoms with E-state index in [9.17, 15) is 9.59 Å². The van der Waals surface area contributed by atoms with E-state index in [1.54, 1.807) is 20.8 Å². The van der Waals surface area contributed by atoms with Gasteiger partial charge in [-0.1, -0.05) is 0 Å². The van der Waals surface area contributed by atoms with Gasteiger partial charge >= 0.3 is 6.09 Å². The first kappa shape index (κ1) is 16.1. The summed E-state index contributed by atoms with van der Waals surface area (Å²) in [7, 11) is 0.214. The first-order chi connectivity index (χ1) is 7.61. The quantitative estimate of drug-likeness (QED) is 0.714. The second kappa shape index (κ2) is 6.74. The Labute approximate surface area is 106 Å². The third-order valence-electron chi connectivity index (χ3n) is 1.85. The van der Waals surface area contributed by atoms with Crippen LogP contribution in [-0.4, -0.2) is 41.9 Å². The Hall–Kier alpha value is -0.910. The number of nitrogens with two attached hydrogens (primary N) is 1. The lowest BCUT2D eigenvalue weighted by Gasteiger charge is -2.22. The van der Waals surface area contributed by atoms with Crippen LogP contribution in [0.1, 0.15) is 27.2 Å². The van der Waals surface area contributed by atoms with Crippen LogP contribution in [-0.2, 0) is 20.4 Å². The summed E-state index contributed by atoms with van der Waals surface area (Å²) in [6.45, 7) is 5.30. The number of ether oxygens (including phenoxy) is 1. The maximum Gasteiger partial charge on any atom is 0.408 e. The Bertz CT molecular complexity index is 274. The number of alkyl carbamates (subject to hydrolysis) is 1. The number of nitrogens with one attached hydrogen (secondary N) is 1. The largest absolute Gasteiger partial charge is 0.444 e. The summed E-state index contributed by atoms with van der Waals surface area (Å²) in [5.74, 6) is 0.324. The molecule has 0 spiro atoms.